The fraction of sp³-hybridized carbons (Fsp3) is 0. The average molecular weight is 1220 g/mol. The van der Waals surface area contributed by atoms with Crippen LogP contribution in [-0.2, 0) is 0 Å². The van der Waals surface area contributed by atoms with Gasteiger partial charge in [-0.25, -0.2) is 0 Å². The number of hydrogen-bond acceptors (Lipinski definition) is 3. The zero-order valence-electron chi connectivity index (χ0n) is 52.5. The summed E-state index contributed by atoms with van der Waals surface area (Å²) in [4.78, 5) is 7.61. The fourth-order valence-electron chi connectivity index (χ4n) is 15.6. The van der Waals surface area contributed by atoms with Crippen molar-refractivity contribution in [2.75, 3.05) is 14.7 Å². The maximum atomic E-state index is 2.59. The molecule has 5 nitrogen and oxygen atoms in total. The Hall–Kier alpha value is -12.6. The summed E-state index contributed by atoms with van der Waals surface area (Å²) in [5, 5.41) is 4.78. The van der Waals surface area contributed by atoms with Crippen molar-refractivity contribution in [2.45, 2.75) is 0 Å². The highest BCUT2D eigenvalue weighted by Gasteiger charge is 2.45. The van der Waals surface area contributed by atoms with Crippen molar-refractivity contribution in [3.05, 3.63) is 364 Å². The number of fused-ring (bicyclic) bond motifs is 10. The SMILES string of the molecule is c1ccc(-c2ccc3c(c2)c2cc(-c4ccccc4)ccc2n3-c2ccccc2N2c3ccccc3B3c4ccccc4N(c4ccccc4-n4c5ccc(-c6ccccc6)cc5c5cc(-c6ccccc6)ccc54)c4cc(N(c5ccccc5)c5ccccc5)cc2c43)cc1. The highest BCUT2D eigenvalue weighted by Crippen LogP contribution is 2.52. The van der Waals surface area contributed by atoms with Crippen LogP contribution in [-0.4, -0.2) is 15.8 Å². The second-order valence-electron chi connectivity index (χ2n) is 25.2. The van der Waals surface area contributed by atoms with Gasteiger partial charge in [0.15, 0.2) is 0 Å². The van der Waals surface area contributed by atoms with Gasteiger partial charge in [-0.1, -0.05) is 243 Å². The lowest BCUT2D eigenvalue weighted by atomic mass is 9.33. The summed E-state index contributed by atoms with van der Waals surface area (Å²) in [6.07, 6.45) is 0. The predicted molar refractivity (Wildman–Crippen MR) is 406 cm³/mol. The summed E-state index contributed by atoms with van der Waals surface area (Å²) in [6, 6.07) is 134. The molecule has 0 bridgehead atoms. The van der Waals surface area contributed by atoms with Gasteiger partial charge in [0, 0.05) is 55.7 Å². The van der Waals surface area contributed by atoms with E-state index in [1.54, 1.807) is 0 Å². The Kier molecular flexibility index (Phi) is 13.0. The van der Waals surface area contributed by atoms with Crippen LogP contribution in [0.2, 0.25) is 0 Å². The molecule has 19 rings (SSSR count). The van der Waals surface area contributed by atoms with E-state index in [1.807, 2.05) is 0 Å². The second-order valence-corrected chi connectivity index (χ2v) is 25.2. The summed E-state index contributed by atoms with van der Waals surface area (Å²) < 4.78 is 5.04. The minimum atomic E-state index is -0.132. The van der Waals surface area contributed by atoms with Gasteiger partial charge in [-0.05, 0) is 182 Å². The van der Waals surface area contributed by atoms with E-state index in [0.717, 1.165) is 84.6 Å². The minimum Gasteiger partial charge on any atom is -0.310 e. The van der Waals surface area contributed by atoms with Crippen molar-refractivity contribution in [3.63, 3.8) is 0 Å². The first-order chi connectivity index (χ1) is 47.7. The van der Waals surface area contributed by atoms with Crippen LogP contribution < -0.4 is 31.1 Å². The Bertz CT molecular complexity index is 5300. The molecule has 0 saturated carbocycles. The Labute approximate surface area is 558 Å². The topological polar surface area (TPSA) is 19.6 Å². The van der Waals surface area contributed by atoms with Crippen molar-refractivity contribution in [2.24, 2.45) is 0 Å². The first kappa shape index (κ1) is 55.0. The predicted octanol–water partition coefficient (Wildman–Crippen LogP) is 22.1. The van der Waals surface area contributed by atoms with Gasteiger partial charge < -0.3 is 23.8 Å². The molecule has 96 heavy (non-hydrogen) atoms. The Morgan fingerprint density at radius 3 is 0.792 bits per heavy atom. The van der Waals surface area contributed by atoms with Gasteiger partial charge in [-0.3, -0.25) is 0 Å². The van der Waals surface area contributed by atoms with E-state index in [1.165, 1.54) is 82.4 Å². The quantitative estimate of drug-likeness (QED) is 0.120. The van der Waals surface area contributed by atoms with Crippen molar-refractivity contribution in [3.8, 4) is 55.9 Å². The molecule has 17 aromatic rings. The van der Waals surface area contributed by atoms with Gasteiger partial charge in [0.05, 0.1) is 50.5 Å². The second kappa shape index (κ2) is 22.6. The van der Waals surface area contributed by atoms with E-state index in [-0.39, 0.29) is 6.71 Å². The van der Waals surface area contributed by atoms with Crippen LogP contribution >= 0.6 is 0 Å². The third-order valence-electron chi connectivity index (χ3n) is 19.8. The molecule has 2 aromatic heterocycles. The minimum absolute atomic E-state index is 0.132. The molecule has 448 valence electrons. The molecule has 0 spiro atoms. The Morgan fingerprint density at radius 2 is 0.469 bits per heavy atom. The molecular weight excluding hydrogens is 1160 g/mol. The molecule has 0 fully saturated rings. The van der Waals surface area contributed by atoms with Crippen LogP contribution in [0.15, 0.2) is 364 Å². The molecule has 0 radical (unpaired) electrons. The van der Waals surface area contributed by atoms with E-state index in [2.05, 4.69) is 388 Å². The summed E-state index contributed by atoms with van der Waals surface area (Å²) in [6.45, 7) is -0.132. The number of aromatic nitrogens is 2. The molecule has 0 unspecified atom stereocenters. The lowest BCUT2D eigenvalue weighted by Crippen LogP contribution is -2.61. The van der Waals surface area contributed by atoms with Crippen molar-refractivity contribution in [1.29, 1.82) is 0 Å². The number of hydrogen-bond donors (Lipinski definition) is 0. The number of para-hydroxylation sites is 8. The van der Waals surface area contributed by atoms with Crippen LogP contribution in [0.4, 0.5) is 51.2 Å². The van der Waals surface area contributed by atoms with Gasteiger partial charge in [-0.2, -0.15) is 0 Å². The maximum Gasteiger partial charge on any atom is 0.252 e. The summed E-state index contributed by atoms with van der Waals surface area (Å²) in [7, 11) is 0. The molecule has 15 aromatic carbocycles. The zero-order chi connectivity index (χ0) is 63.2. The third-order valence-corrected chi connectivity index (χ3v) is 19.8. The average Bonchev–Trinajstić information content (AvgIpc) is 0.800. The first-order valence-corrected chi connectivity index (χ1v) is 33.1. The van der Waals surface area contributed by atoms with E-state index in [4.69, 9.17) is 0 Å². The number of nitrogens with zero attached hydrogens (tertiary/aromatic N) is 5. The summed E-state index contributed by atoms with van der Waals surface area (Å²) in [5.74, 6) is 0. The largest absolute Gasteiger partial charge is 0.310 e. The molecule has 2 aliphatic heterocycles. The molecule has 0 aliphatic carbocycles. The van der Waals surface area contributed by atoms with Crippen LogP contribution in [0.5, 0.6) is 0 Å². The normalized spacial score (nSPS) is 12.3. The fourth-order valence-corrected chi connectivity index (χ4v) is 15.6. The summed E-state index contributed by atoms with van der Waals surface area (Å²) in [5.41, 5.74) is 29.6. The molecule has 6 heteroatoms. The lowest BCUT2D eigenvalue weighted by molar-refractivity contribution is 1.14. The zero-order valence-corrected chi connectivity index (χ0v) is 52.5. The van der Waals surface area contributed by atoms with Crippen molar-refractivity contribution in [1.82, 2.24) is 9.13 Å². The van der Waals surface area contributed by atoms with Gasteiger partial charge in [0.1, 0.15) is 0 Å². The van der Waals surface area contributed by atoms with Gasteiger partial charge in [-0.15, -0.1) is 0 Å². The molecule has 4 heterocycles. The van der Waals surface area contributed by atoms with E-state index >= 15 is 0 Å². The molecule has 2 aliphatic rings. The standard InChI is InChI=1S/C90H60BN5/c1-7-27-61(28-8-1)65-47-51-78-72(55-65)73-56-66(62-29-9-2-10-30-62)48-52-79(73)93(78)84-43-23-25-45-86(84)95-82-41-21-19-39-76(82)91-77-40-20-22-42-83(77)96(89-60-71(59-88(95)90(89)91)92(69-35-15-5-16-36-69)70-37-17-6-18-38-70)87-46-26-24-44-85(87)94-80-53-49-67(63-31-11-3-12-32-63)57-74(80)75-58-68(50-54-81(75)94)64-33-13-4-14-34-64/h1-60H. The lowest BCUT2D eigenvalue weighted by Gasteiger charge is -2.45. The van der Waals surface area contributed by atoms with Gasteiger partial charge >= 0.3 is 0 Å². The van der Waals surface area contributed by atoms with Gasteiger partial charge in [0.2, 0.25) is 0 Å². The molecular formula is C90H60BN5. The molecule has 0 saturated heterocycles. The molecule has 0 amide bonds. The van der Waals surface area contributed by atoms with Crippen LogP contribution in [0, 0.1) is 0 Å². The van der Waals surface area contributed by atoms with E-state index < -0.39 is 0 Å². The first-order valence-electron chi connectivity index (χ1n) is 33.1. The van der Waals surface area contributed by atoms with Gasteiger partial charge in [0.25, 0.3) is 6.71 Å². The highest BCUT2D eigenvalue weighted by molar-refractivity contribution is 7.00. The van der Waals surface area contributed by atoms with Crippen molar-refractivity contribution >= 4 is 118 Å². The van der Waals surface area contributed by atoms with E-state index in [0.29, 0.717) is 0 Å². The summed E-state index contributed by atoms with van der Waals surface area (Å²) >= 11 is 0. The van der Waals surface area contributed by atoms with Crippen LogP contribution in [0.1, 0.15) is 0 Å². The molecule has 0 atom stereocenters. The Balaban J connectivity index is 0.889. The van der Waals surface area contributed by atoms with Crippen LogP contribution in [0.3, 0.4) is 0 Å². The third kappa shape index (κ3) is 8.87. The molecule has 0 N–H and O–H groups in total. The highest BCUT2D eigenvalue weighted by atomic mass is 15.2. The van der Waals surface area contributed by atoms with E-state index in [9.17, 15) is 0 Å². The monoisotopic (exact) mass is 1220 g/mol. The smallest absolute Gasteiger partial charge is 0.252 e. The Morgan fingerprint density at radius 1 is 0.198 bits per heavy atom. The van der Waals surface area contributed by atoms with Crippen LogP contribution in [0.25, 0.3) is 99.5 Å². The van der Waals surface area contributed by atoms with Crippen molar-refractivity contribution < 1.29 is 0 Å². The number of benzene rings is 15. The maximum absolute atomic E-state index is 2.59. The number of rotatable bonds is 11. The number of anilines is 9.